The number of benzene rings is 2. The van der Waals surface area contributed by atoms with Crippen LogP contribution in [-0.4, -0.2) is 104 Å². The van der Waals surface area contributed by atoms with Crippen molar-refractivity contribution in [3.05, 3.63) is 54.1 Å². The number of alkyl halides is 3. The lowest BCUT2D eigenvalue weighted by atomic mass is 9.72. The number of fused-ring (bicyclic) bond motifs is 1. The number of rotatable bonds is 11. The van der Waals surface area contributed by atoms with Gasteiger partial charge in [0.15, 0.2) is 12.4 Å². The molecule has 3 aromatic rings. The molecule has 7 rings (SSSR count). The van der Waals surface area contributed by atoms with Crippen LogP contribution >= 0.6 is 0 Å². The van der Waals surface area contributed by atoms with Crippen molar-refractivity contribution < 1.29 is 41.0 Å². The van der Waals surface area contributed by atoms with E-state index in [1.165, 1.54) is 12.1 Å². The third-order valence-corrected chi connectivity index (χ3v) is 10.6. The molecular formula is C37H42F5N5O4. The topological polar surface area (TPSA) is 80.3 Å². The molecule has 51 heavy (non-hydrogen) atoms. The normalized spacial score (nSPS) is 19.7. The predicted octanol–water partition coefficient (Wildman–Crippen LogP) is 6.50. The molecule has 9 nitrogen and oxygen atoms in total. The highest BCUT2D eigenvalue weighted by Gasteiger charge is 2.47. The van der Waals surface area contributed by atoms with Gasteiger partial charge in [-0.05, 0) is 74.3 Å². The number of likely N-dealkylation sites (tertiary alicyclic amines) is 2. The van der Waals surface area contributed by atoms with Crippen molar-refractivity contribution in [2.75, 3.05) is 71.0 Å². The molecule has 4 fully saturated rings. The summed E-state index contributed by atoms with van der Waals surface area (Å²) in [7, 11) is 1.66. The second-order valence-corrected chi connectivity index (χ2v) is 14.2. The number of methoxy groups -OCH3 is 1. The molecule has 4 aliphatic rings. The van der Waals surface area contributed by atoms with Crippen LogP contribution in [-0.2, 0) is 9.53 Å². The van der Waals surface area contributed by atoms with E-state index in [9.17, 15) is 18.0 Å². The van der Waals surface area contributed by atoms with E-state index < -0.39 is 30.0 Å². The van der Waals surface area contributed by atoms with E-state index in [-0.39, 0.29) is 46.2 Å². The van der Waals surface area contributed by atoms with Gasteiger partial charge in [-0.25, -0.2) is 8.78 Å². The number of amides is 1. The number of piperidine rings is 2. The quantitative estimate of drug-likeness (QED) is 0.165. The van der Waals surface area contributed by atoms with Gasteiger partial charge in [0.1, 0.15) is 29.1 Å². The Bertz CT molecular complexity index is 1760. The zero-order valence-corrected chi connectivity index (χ0v) is 28.6. The summed E-state index contributed by atoms with van der Waals surface area (Å²) < 4.78 is 89.6. The Morgan fingerprint density at radius 1 is 1.02 bits per heavy atom. The lowest BCUT2D eigenvalue weighted by Crippen LogP contribution is -2.61. The lowest BCUT2D eigenvalue weighted by Gasteiger charge is -2.54. The van der Waals surface area contributed by atoms with Crippen LogP contribution < -0.4 is 14.4 Å². The summed E-state index contributed by atoms with van der Waals surface area (Å²) in [6.07, 6.45) is 0.631. The molecule has 3 saturated heterocycles. The standard InChI is InChI=1S/C37H42F5N5O4/c1-3-29(48)47-20-36(21-47)11-15-46(16-12-36)34-26-19-25(23-7-8-23)30(31-27(38)5-4-6-28(31)39)33(50-22-37(40,41)42)32(26)43-35(44-34)51-24-9-13-45(14-10-24)17-18-49-2/h3-6,19,23-24H,1,7-18,20-22H2,2H3. The maximum absolute atomic E-state index is 15.5. The molecule has 0 radical (unpaired) electrons. The maximum atomic E-state index is 15.5. The molecule has 0 N–H and O–H groups in total. The van der Waals surface area contributed by atoms with Crippen LogP contribution in [0.15, 0.2) is 36.9 Å². The molecule has 0 unspecified atom stereocenters. The number of nitrogens with zero attached hydrogens (tertiary/aromatic N) is 5. The van der Waals surface area contributed by atoms with Crippen LogP contribution in [0, 0.1) is 17.0 Å². The summed E-state index contributed by atoms with van der Waals surface area (Å²) in [5, 5.41) is 0.435. The molecule has 1 aliphatic carbocycles. The number of aromatic nitrogens is 2. The summed E-state index contributed by atoms with van der Waals surface area (Å²) in [5.41, 5.74) is -0.0507. The molecule has 4 heterocycles. The number of anilines is 1. The minimum absolute atomic E-state index is 0.00511. The molecule has 1 spiro atoms. The van der Waals surface area contributed by atoms with Crippen molar-refractivity contribution in [2.24, 2.45) is 5.41 Å². The minimum atomic E-state index is -4.73. The van der Waals surface area contributed by atoms with Gasteiger partial charge in [0, 0.05) is 69.3 Å². The Morgan fingerprint density at radius 2 is 1.71 bits per heavy atom. The van der Waals surface area contributed by atoms with Crippen LogP contribution in [0.1, 0.15) is 50.0 Å². The van der Waals surface area contributed by atoms with Gasteiger partial charge in [0.05, 0.1) is 12.2 Å². The molecule has 2 aromatic carbocycles. The number of ether oxygens (including phenoxy) is 3. The smallest absolute Gasteiger partial charge is 0.422 e. The fourth-order valence-corrected chi connectivity index (χ4v) is 7.70. The maximum Gasteiger partial charge on any atom is 0.422 e. The summed E-state index contributed by atoms with van der Waals surface area (Å²) in [6.45, 7) is 7.23. The summed E-state index contributed by atoms with van der Waals surface area (Å²) in [5.74, 6) is -1.92. The third-order valence-electron chi connectivity index (χ3n) is 10.6. The van der Waals surface area contributed by atoms with Crippen LogP contribution in [0.25, 0.3) is 22.0 Å². The van der Waals surface area contributed by atoms with Gasteiger partial charge >= 0.3 is 12.2 Å². The fraction of sp³-hybridized carbons (Fsp3) is 0.541. The minimum Gasteiger partial charge on any atom is -0.481 e. The van der Waals surface area contributed by atoms with Crippen molar-refractivity contribution in [3.63, 3.8) is 0 Å². The summed E-state index contributed by atoms with van der Waals surface area (Å²) in [6, 6.07) is 5.13. The van der Waals surface area contributed by atoms with Gasteiger partial charge in [-0.1, -0.05) is 12.6 Å². The largest absolute Gasteiger partial charge is 0.481 e. The summed E-state index contributed by atoms with van der Waals surface area (Å²) >= 11 is 0. The molecule has 0 atom stereocenters. The van der Waals surface area contributed by atoms with E-state index >= 15 is 8.78 Å². The average molecular weight is 716 g/mol. The van der Waals surface area contributed by atoms with Crippen molar-refractivity contribution >= 4 is 22.6 Å². The second kappa shape index (κ2) is 14.2. The Balaban J connectivity index is 1.32. The SMILES string of the molecule is C=CC(=O)N1CC2(CCN(c3nc(OC4CCN(CCOC)CC4)nc4c(OCC(F)(F)F)c(-c5c(F)cccc5F)c(C5CC5)cc34)CC2)C1. The van der Waals surface area contributed by atoms with Gasteiger partial charge < -0.3 is 28.9 Å². The first-order valence-electron chi connectivity index (χ1n) is 17.5. The van der Waals surface area contributed by atoms with E-state index in [0.717, 1.165) is 44.6 Å². The van der Waals surface area contributed by atoms with Crippen molar-refractivity contribution in [2.45, 2.75) is 56.7 Å². The van der Waals surface area contributed by atoms with Crippen LogP contribution in [0.2, 0.25) is 0 Å². The summed E-state index contributed by atoms with van der Waals surface area (Å²) in [4.78, 5) is 27.8. The highest BCUT2D eigenvalue weighted by molar-refractivity contribution is 6.00. The second-order valence-electron chi connectivity index (χ2n) is 14.2. The average Bonchev–Trinajstić information content (AvgIpc) is 3.94. The van der Waals surface area contributed by atoms with E-state index in [0.29, 0.717) is 75.2 Å². The van der Waals surface area contributed by atoms with Crippen molar-refractivity contribution in [1.29, 1.82) is 0 Å². The Labute approximate surface area is 293 Å². The van der Waals surface area contributed by atoms with E-state index in [1.54, 1.807) is 18.1 Å². The Morgan fingerprint density at radius 3 is 2.31 bits per heavy atom. The number of halogens is 5. The number of carbonyl (C=O) groups is 1. The van der Waals surface area contributed by atoms with Gasteiger partial charge in [0.2, 0.25) is 5.91 Å². The molecule has 274 valence electrons. The van der Waals surface area contributed by atoms with Crippen molar-refractivity contribution in [1.82, 2.24) is 19.8 Å². The molecule has 14 heteroatoms. The predicted molar refractivity (Wildman–Crippen MR) is 181 cm³/mol. The molecule has 1 saturated carbocycles. The Kier molecular flexibility index (Phi) is 9.83. The third kappa shape index (κ3) is 7.48. The number of hydrogen-bond acceptors (Lipinski definition) is 8. The van der Waals surface area contributed by atoms with Gasteiger partial charge in [-0.2, -0.15) is 23.1 Å². The molecule has 0 bridgehead atoms. The van der Waals surface area contributed by atoms with Crippen LogP contribution in [0.4, 0.5) is 27.8 Å². The zero-order chi connectivity index (χ0) is 35.9. The highest BCUT2D eigenvalue weighted by atomic mass is 19.4. The first-order chi connectivity index (χ1) is 24.5. The van der Waals surface area contributed by atoms with Crippen LogP contribution in [0.3, 0.4) is 0 Å². The van der Waals surface area contributed by atoms with Gasteiger partial charge in [0.25, 0.3) is 0 Å². The van der Waals surface area contributed by atoms with Gasteiger partial charge in [-0.15, -0.1) is 0 Å². The molecule has 1 aromatic heterocycles. The van der Waals surface area contributed by atoms with Crippen LogP contribution in [0.5, 0.6) is 11.8 Å². The van der Waals surface area contributed by atoms with E-state index in [2.05, 4.69) is 21.4 Å². The van der Waals surface area contributed by atoms with E-state index in [4.69, 9.17) is 19.2 Å². The lowest BCUT2D eigenvalue weighted by molar-refractivity contribution is -0.153. The van der Waals surface area contributed by atoms with Crippen molar-refractivity contribution in [3.8, 4) is 22.9 Å². The molecular weight excluding hydrogens is 673 g/mol. The highest BCUT2D eigenvalue weighted by Crippen LogP contribution is 2.52. The fourth-order valence-electron chi connectivity index (χ4n) is 7.70. The van der Waals surface area contributed by atoms with E-state index in [1.807, 2.05) is 0 Å². The monoisotopic (exact) mass is 715 g/mol. The number of hydrogen-bond donors (Lipinski definition) is 0. The first-order valence-corrected chi connectivity index (χ1v) is 17.5. The zero-order valence-electron chi connectivity index (χ0n) is 28.6. The first kappa shape index (κ1) is 35.4. The molecule has 1 amide bonds. The van der Waals surface area contributed by atoms with Gasteiger partial charge in [-0.3, -0.25) is 4.79 Å². The Hall–Kier alpha value is -4.04. The molecule has 3 aliphatic heterocycles. The number of carbonyl (C=O) groups excluding carboxylic acids is 1.